The van der Waals surface area contributed by atoms with E-state index in [1.165, 1.54) is 5.56 Å². The van der Waals surface area contributed by atoms with E-state index >= 15 is 0 Å². The Morgan fingerprint density at radius 3 is 2.70 bits per heavy atom. The summed E-state index contributed by atoms with van der Waals surface area (Å²) in [5.74, 6) is 0.435. The molecule has 0 bridgehead atoms. The van der Waals surface area contributed by atoms with Crippen LogP contribution in [0.1, 0.15) is 16.5 Å². The molecule has 2 aromatic rings. The molecular weight excluding hydrogens is 358 g/mol. The van der Waals surface area contributed by atoms with E-state index in [1.807, 2.05) is 6.20 Å². The summed E-state index contributed by atoms with van der Waals surface area (Å²) in [6.45, 7) is 2.85. The van der Waals surface area contributed by atoms with Crippen molar-refractivity contribution in [2.45, 2.75) is 18.5 Å². The summed E-state index contributed by atoms with van der Waals surface area (Å²) >= 11 is 5.15. The van der Waals surface area contributed by atoms with E-state index in [9.17, 15) is 0 Å². The highest BCUT2D eigenvalue weighted by Gasteiger charge is 2.31. The molecule has 1 aliphatic heterocycles. The lowest BCUT2D eigenvalue weighted by atomic mass is 9.95. The summed E-state index contributed by atoms with van der Waals surface area (Å²) in [6.07, 6.45) is 1.87. The third-order valence-electron chi connectivity index (χ3n) is 3.55. The Bertz CT molecular complexity index is 548. The van der Waals surface area contributed by atoms with Crippen LogP contribution in [0, 0.1) is 0 Å². The van der Waals surface area contributed by atoms with Crippen molar-refractivity contribution in [3.05, 3.63) is 50.9 Å². The zero-order valence-electron chi connectivity index (χ0n) is 10.9. The minimum absolute atomic E-state index is 0. The zero-order valence-corrected chi connectivity index (χ0v) is 14.1. The van der Waals surface area contributed by atoms with Crippen LogP contribution in [0.2, 0.25) is 0 Å². The van der Waals surface area contributed by atoms with Crippen LogP contribution in [-0.2, 0) is 6.54 Å². The van der Waals surface area contributed by atoms with Crippen molar-refractivity contribution < 1.29 is 0 Å². The van der Waals surface area contributed by atoms with E-state index in [2.05, 4.69) is 56.1 Å². The number of thiazole rings is 1. The molecule has 0 radical (unpaired) electrons. The Labute approximate surface area is 137 Å². The SMILES string of the molecule is Cl.N[C@@H]1CN(Cc2ncc(Br)s2)C[C@H]1c1ccccc1. The van der Waals surface area contributed by atoms with Crippen LogP contribution >= 0.6 is 39.7 Å². The van der Waals surface area contributed by atoms with Crippen LogP contribution in [0.25, 0.3) is 0 Å². The van der Waals surface area contributed by atoms with Crippen molar-refractivity contribution in [2.75, 3.05) is 13.1 Å². The van der Waals surface area contributed by atoms with Gasteiger partial charge in [-0.15, -0.1) is 23.7 Å². The average molecular weight is 375 g/mol. The quantitative estimate of drug-likeness (QED) is 0.896. The first-order chi connectivity index (χ1) is 9.22. The van der Waals surface area contributed by atoms with Crippen molar-refractivity contribution in [3.8, 4) is 0 Å². The normalized spacial score (nSPS) is 22.7. The Morgan fingerprint density at radius 1 is 1.30 bits per heavy atom. The van der Waals surface area contributed by atoms with E-state index in [-0.39, 0.29) is 18.4 Å². The van der Waals surface area contributed by atoms with Gasteiger partial charge in [-0.2, -0.15) is 0 Å². The fourth-order valence-corrected chi connectivity index (χ4v) is 3.99. The topological polar surface area (TPSA) is 42.1 Å². The molecule has 0 aliphatic carbocycles. The van der Waals surface area contributed by atoms with Crippen molar-refractivity contribution >= 4 is 39.7 Å². The van der Waals surface area contributed by atoms with E-state index in [0.29, 0.717) is 5.92 Å². The smallest absolute Gasteiger partial charge is 0.108 e. The Hall–Kier alpha value is -0.460. The number of nitrogens with zero attached hydrogens (tertiary/aromatic N) is 2. The lowest BCUT2D eigenvalue weighted by Gasteiger charge is -2.14. The molecule has 3 nitrogen and oxygen atoms in total. The van der Waals surface area contributed by atoms with Crippen LogP contribution in [0.5, 0.6) is 0 Å². The third-order valence-corrected chi connectivity index (χ3v) is 5.01. The van der Waals surface area contributed by atoms with Crippen LogP contribution < -0.4 is 5.73 Å². The van der Waals surface area contributed by atoms with E-state index < -0.39 is 0 Å². The van der Waals surface area contributed by atoms with Crippen molar-refractivity contribution in [2.24, 2.45) is 5.73 Å². The van der Waals surface area contributed by atoms with Crippen molar-refractivity contribution in [1.29, 1.82) is 0 Å². The van der Waals surface area contributed by atoms with Crippen LogP contribution in [0.3, 0.4) is 0 Å². The summed E-state index contributed by atoms with van der Waals surface area (Å²) in [4.78, 5) is 6.79. The highest BCUT2D eigenvalue weighted by molar-refractivity contribution is 9.11. The second-order valence-electron chi connectivity index (χ2n) is 4.93. The van der Waals surface area contributed by atoms with E-state index in [0.717, 1.165) is 28.4 Å². The summed E-state index contributed by atoms with van der Waals surface area (Å²) < 4.78 is 1.09. The predicted octanol–water partition coefficient (Wildman–Crippen LogP) is 3.25. The molecule has 3 rings (SSSR count). The predicted molar refractivity (Wildman–Crippen MR) is 89.5 cm³/mol. The highest BCUT2D eigenvalue weighted by Crippen LogP contribution is 2.28. The van der Waals surface area contributed by atoms with Gasteiger partial charge in [0.2, 0.25) is 0 Å². The van der Waals surface area contributed by atoms with Gasteiger partial charge in [0.25, 0.3) is 0 Å². The summed E-state index contributed by atoms with van der Waals surface area (Å²) in [6, 6.07) is 10.8. The number of aromatic nitrogens is 1. The molecule has 108 valence electrons. The number of halogens is 2. The van der Waals surface area contributed by atoms with Gasteiger partial charge in [-0.05, 0) is 21.5 Å². The molecule has 1 fully saturated rings. The molecule has 1 saturated heterocycles. The first-order valence-corrected chi connectivity index (χ1v) is 7.96. The van der Waals surface area contributed by atoms with Gasteiger partial charge in [0.15, 0.2) is 0 Å². The molecule has 20 heavy (non-hydrogen) atoms. The Morgan fingerprint density at radius 2 is 2.05 bits per heavy atom. The molecule has 2 heterocycles. The molecule has 2 atom stereocenters. The summed E-state index contributed by atoms with van der Waals surface area (Å²) in [5, 5.41) is 1.15. The van der Waals surface area contributed by atoms with Gasteiger partial charge in [0.05, 0.1) is 16.5 Å². The first-order valence-electron chi connectivity index (χ1n) is 6.35. The monoisotopic (exact) mass is 373 g/mol. The molecule has 1 aromatic carbocycles. The maximum absolute atomic E-state index is 6.29. The fourth-order valence-electron chi connectivity index (χ4n) is 2.65. The van der Waals surface area contributed by atoms with E-state index in [1.54, 1.807) is 11.3 Å². The Kier molecular flexibility index (Phi) is 5.57. The molecular formula is C14H17BrClN3S. The third kappa shape index (κ3) is 3.59. The standard InChI is InChI=1S/C14H16BrN3S.ClH/c15-13-6-17-14(19-13)9-18-7-11(12(16)8-18)10-4-2-1-3-5-10;/h1-6,11-12H,7-9,16H2;1H/t11-,12+;/m0./s1. The Balaban J connectivity index is 0.00000147. The first kappa shape index (κ1) is 15.9. The average Bonchev–Trinajstić information content (AvgIpc) is 2.97. The second kappa shape index (κ2) is 7.00. The van der Waals surface area contributed by atoms with Gasteiger partial charge in [-0.25, -0.2) is 4.98 Å². The fraction of sp³-hybridized carbons (Fsp3) is 0.357. The molecule has 2 N–H and O–H groups in total. The van der Waals surface area contributed by atoms with Crippen molar-refractivity contribution in [3.63, 3.8) is 0 Å². The van der Waals surface area contributed by atoms with E-state index in [4.69, 9.17) is 5.73 Å². The number of hydrogen-bond acceptors (Lipinski definition) is 4. The van der Waals surface area contributed by atoms with Gasteiger partial charge < -0.3 is 5.73 Å². The van der Waals surface area contributed by atoms with Crippen LogP contribution in [0.4, 0.5) is 0 Å². The lowest BCUT2D eigenvalue weighted by Crippen LogP contribution is -2.28. The minimum Gasteiger partial charge on any atom is -0.326 e. The van der Waals surface area contributed by atoms with Gasteiger partial charge >= 0.3 is 0 Å². The molecule has 1 aromatic heterocycles. The highest BCUT2D eigenvalue weighted by atomic mass is 79.9. The second-order valence-corrected chi connectivity index (χ2v) is 7.43. The minimum atomic E-state index is 0. The summed E-state index contributed by atoms with van der Waals surface area (Å²) in [5.41, 5.74) is 7.64. The lowest BCUT2D eigenvalue weighted by molar-refractivity contribution is 0.323. The maximum Gasteiger partial charge on any atom is 0.108 e. The number of rotatable bonds is 3. The number of nitrogens with two attached hydrogens (primary N) is 1. The maximum atomic E-state index is 6.29. The molecule has 1 aliphatic rings. The van der Waals surface area contributed by atoms with Crippen LogP contribution in [0.15, 0.2) is 40.3 Å². The van der Waals surface area contributed by atoms with Gasteiger partial charge in [0.1, 0.15) is 5.01 Å². The van der Waals surface area contributed by atoms with Crippen molar-refractivity contribution in [1.82, 2.24) is 9.88 Å². The number of benzene rings is 1. The molecule has 0 saturated carbocycles. The zero-order chi connectivity index (χ0) is 13.2. The molecule has 0 spiro atoms. The molecule has 0 unspecified atom stereocenters. The molecule has 6 heteroatoms. The van der Waals surface area contributed by atoms with Gasteiger partial charge in [0, 0.05) is 25.0 Å². The van der Waals surface area contributed by atoms with Crippen LogP contribution in [-0.4, -0.2) is 29.0 Å². The van der Waals surface area contributed by atoms with Gasteiger partial charge in [-0.3, -0.25) is 4.90 Å². The molecule has 0 amide bonds. The number of hydrogen-bond donors (Lipinski definition) is 1. The number of likely N-dealkylation sites (tertiary alicyclic amines) is 1. The summed E-state index contributed by atoms with van der Waals surface area (Å²) in [7, 11) is 0. The van der Waals surface area contributed by atoms with Gasteiger partial charge in [-0.1, -0.05) is 30.3 Å². The largest absolute Gasteiger partial charge is 0.326 e.